The molecule has 0 radical (unpaired) electrons. The topological polar surface area (TPSA) is 54.6 Å². The van der Waals surface area contributed by atoms with Crippen molar-refractivity contribution in [1.82, 2.24) is 5.32 Å². The second-order valence-corrected chi connectivity index (χ2v) is 6.32. The highest BCUT2D eigenvalue weighted by atomic mass is 16.5. The molecule has 0 amide bonds. The van der Waals surface area contributed by atoms with Gasteiger partial charge in [-0.3, -0.25) is 0 Å². The summed E-state index contributed by atoms with van der Waals surface area (Å²) in [5.41, 5.74) is 0.817. The third kappa shape index (κ3) is 3.13. The quantitative estimate of drug-likeness (QED) is 0.885. The zero-order chi connectivity index (χ0) is 15.5. The van der Waals surface area contributed by atoms with Gasteiger partial charge in [-0.25, -0.2) is 0 Å². The molecule has 1 aliphatic carbocycles. The summed E-state index contributed by atoms with van der Waals surface area (Å²) in [6, 6.07) is 8.72. The molecule has 0 spiro atoms. The van der Waals surface area contributed by atoms with Crippen LogP contribution in [0.25, 0.3) is 11.0 Å². The number of nitrogens with one attached hydrogen (secondary N) is 1. The minimum Gasteiger partial charge on any atom is -0.493 e. The van der Waals surface area contributed by atoms with Crippen LogP contribution in [0, 0.1) is 5.92 Å². The lowest BCUT2D eigenvalue weighted by atomic mass is 9.86. The Kier molecular flexibility index (Phi) is 4.69. The molecule has 1 atom stereocenters. The molecule has 1 saturated carbocycles. The number of aliphatic hydroxyl groups excluding tert-OH is 1. The first kappa shape index (κ1) is 15.4. The highest BCUT2D eigenvalue weighted by Gasteiger charge is 2.23. The fourth-order valence-electron chi connectivity index (χ4n) is 3.38. The van der Waals surface area contributed by atoms with E-state index >= 15 is 0 Å². The van der Waals surface area contributed by atoms with E-state index < -0.39 is 0 Å². The molecule has 2 aromatic rings. The van der Waals surface area contributed by atoms with Gasteiger partial charge in [0.25, 0.3) is 0 Å². The molecule has 1 aromatic carbocycles. The maximum atomic E-state index is 9.22. The minimum absolute atomic E-state index is 0.174. The van der Waals surface area contributed by atoms with Crippen molar-refractivity contribution in [3.05, 3.63) is 30.0 Å². The summed E-state index contributed by atoms with van der Waals surface area (Å²) in [4.78, 5) is 0. The SMILES string of the molecule is COc1cccc2cc([C@@H](C)NC3CCC(CO)CC3)oc12. The molecule has 2 N–H and O–H groups in total. The van der Waals surface area contributed by atoms with Crippen LogP contribution >= 0.6 is 0 Å². The third-order valence-corrected chi connectivity index (χ3v) is 4.76. The van der Waals surface area contributed by atoms with E-state index in [4.69, 9.17) is 9.15 Å². The Hall–Kier alpha value is -1.52. The van der Waals surface area contributed by atoms with E-state index in [9.17, 15) is 5.11 Å². The second kappa shape index (κ2) is 6.71. The van der Waals surface area contributed by atoms with Crippen molar-refractivity contribution in [2.45, 2.75) is 44.7 Å². The van der Waals surface area contributed by atoms with E-state index in [1.54, 1.807) is 7.11 Å². The minimum atomic E-state index is 0.174. The van der Waals surface area contributed by atoms with E-state index in [1.165, 1.54) is 0 Å². The Morgan fingerprint density at radius 3 is 2.77 bits per heavy atom. The lowest BCUT2D eigenvalue weighted by Gasteiger charge is -2.29. The number of methoxy groups -OCH3 is 1. The van der Waals surface area contributed by atoms with Crippen LogP contribution in [-0.4, -0.2) is 24.9 Å². The van der Waals surface area contributed by atoms with Crippen LogP contribution in [0.3, 0.4) is 0 Å². The van der Waals surface area contributed by atoms with Crippen LogP contribution in [0.5, 0.6) is 5.75 Å². The smallest absolute Gasteiger partial charge is 0.176 e. The molecular formula is C18H25NO3. The van der Waals surface area contributed by atoms with E-state index in [-0.39, 0.29) is 6.04 Å². The number of benzene rings is 1. The van der Waals surface area contributed by atoms with Crippen molar-refractivity contribution < 1.29 is 14.3 Å². The molecular weight excluding hydrogens is 278 g/mol. The van der Waals surface area contributed by atoms with Gasteiger partial charge in [0, 0.05) is 18.0 Å². The maximum Gasteiger partial charge on any atom is 0.176 e. The Bertz CT molecular complexity index is 614. The monoisotopic (exact) mass is 303 g/mol. The summed E-state index contributed by atoms with van der Waals surface area (Å²) in [6.07, 6.45) is 4.46. The second-order valence-electron chi connectivity index (χ2n) is 6.32. The fourth-order valence-corrected chi connectivity index (χ4v) is 3.38. The van der Waals surface area contributed by atoms with Crippen molar-refractivity contribution in [2.75, 3.05) is 13.7 Å². The first-order valence-corrected chi connectivity index (χ1v) is 8.14. The number of hydrogen-bond donors (Lipinski definition) is 2. The lowest BCUT2D eigenvalue weighted by Crippen LogP contribution is -2.35. The summed E-state index contributed by atoms with van der Waals surface area (Å²) >= 11 is 0. The highest BCUT2D eigenvalue weighted by Crippen LogP contribution is 2.32. The molecule has 0 bridgehead atoms. The van der Waals surface area contributed by atoms with E-state index in [2.05, 4.69) is 18.3 Å². The first-order valence-electron chi connectivity index (χ1n) is 8.14. The Morgan fingerprint density at radius 2 is 2.09 bits per heavy atom. The standard InChI is InChI=1S/C18H25NO3/c1-12(19-15-8-6-13(11-20)7-9-15)17-10-14-4-3-5-16(21-2)18(14)22-17/h3-5,10,12-13,15,19-20H,6-9,11H2,1-2H3/t12-,13?,15?/m1/s1. The van der Waals surface area contributed by atoms with Gasteiger partial charge in [-0.1, -0.05) is 12.1 Å². The molecule has 1 fully saturated rings. The number of ether oxygens (including phenoxy) is 1. The molecule has 1 heterocycles. The van der Waals surface area contributed by atoms with Crippen LogP contribution < -0.4 is 10.1 Å². The Morgan fingerprint density at radius 1 is 1.32 bits per heavy atom. The van der Waals surface area contributed by atoms with Gasteiger partial charge >= 0.3 is 0 Å². The zero-order valence-corrected chi connectivity index (χ0v) is 13.3. The normalized spacial score (nSPS) is 23.6. The molecule has 0 aliphatic heterocycles. The van der Waals surface area contributed by atoms with Crippen LogP contribution in [-0.2, 0) is 0 Å². The average Bonchev–Trinajstić information content (AvgIpc) is 2.99. The summed E-state index contributed by atoms with van der Waals surface area (Å²) in [6.45, 7) is 2.47. The van der Waals surface area contributed by atoms with Crippen LogP contribution in [0.1, 0.15) is 44.4 Å². The molecule has 3 rings (SSSR count). The van der Waals surface area contributed by atoms with E-state index in [0.717, 1.165) is 48.2 Å². The lowest BCUT2D eigenvalue weighted by molar-refractivity contribution is 0.171. The average molecular weight is 303 g/mol. The van der Waals surface area contributed by atoms with Gasteiger partial charge in [0.05, 0.1) is 13.2 Å². The molecule has 1 aromatic heterocycles. The van der Waals surface area contributed by atoms with Crippen LogP contribution in [0.15, 0.2) is 28.7 Å². The van der Waals surface area contributed by atoms with Gasteiger partial charge in [0.15, 0.2) is 11.3 Å². The number of rotatable bonds is 5. The third-order valence-electron chi connectivity index (χ3n) is 4.76. The highest BCUT2D eigenvalue weighted by molar-refractivity contribution is 5.83. The number of para-hydroxylation sites is 1. The van der Waals surface area contributed by atoms with Gasteiger partial charge in [-0.15, -0.1) is 0 Å². The van der Waals surface area contributed by atoms with Crippen molar-refractivity contribution in [2.24, 2.45) is 5.92 Å². The van der Waals surface area contributed by atoms with Crippen molar-refractivity contribution in [3.8, 4) is 5.75 Å². The number of aliphatic hydroxyl groups is 1. The molecule has 0 unspecified atom stereocenters. The number of hydrogen-bond acceptors (Lipinski definition) is 4. The van der Waals surface area contributed by atoms with Gasteiger partial charge in [0.2, 0.25) is 0 Å². The zero-order valence-electron chi connectivity index (χ0n) is 13.3. The molecule has 4 nitrogen and oxygen atoms in total. The van der Waals surface area contributed by atoms with Crippen molar-refractivity contribution in [3.63, 3.8) is 0 Å². The van der Waals surface area contributed by atoms with Crippen LogP contribution in [0.2, 0.25) is 0 Å². The molecule has 1 aliphatic rings. The van der Waals surface area contributed by atoms with E-state index in [1.807, 2.05) is 18.2 Å². The van der Waals surface area contributed by atoms with E-state index in [0.29, 0.717) is 18.6 Å². The number of furan rings is 1. The molecule has 4 heteroatoms. The summed E-state index contributed by atoms with van der Waals surface area (Å²) in [5, 5.41) is 14.0. The first-order chi connectivity index (χ1) is 10.7. The molecule has 120 valence electrons. The largest absolute Gasteiger partial charge is 0.493 e. The molecule has 22 heavy (non-hydrogen) atoms. The Labute approximate surface area is 131 Å². The summed E-state index contributed by atoms with van der Waals surface area (Å²) in [5.74, 6) is 2.21. The molecule has 0 saturated heterocycles. The summed E-state index contributed by atoms with van der Waals surface area (Å²) < 4.78 is 11.4. The van der Waals surface area contributed by atoms with Gasteiger partial charge < -0.3 is 19.6 Å². The number of fused-ring (bicyclic) bond motifs is 1. The van der Waals surface area contributed by atoms with Gasteiger partial charge in [-0.2, -0.15) is 0 Å². The maximum absolute atomic E-state index is 9.22. The van der Waals surface area contributed by atoms with Crippen molar-refractivity contribution >= 4 is 11.0 Å². The van der Waals surface area contributed by atoms with Gasteiger partial charge in [-0.05, 0) is 50.7 Å². The summed E-state index contributed by atoms with van der Waals surface area (Å²) in [7, 11) is 1.66. The predicted molar refractivity (Wildman–Crippen MR) is 87.1 cm³/mol. The fraction of sp³-hybridized carbons (Fsp3) is 0.556. The Balaban J connectivity index is 1.69. The predicted octanol–water partition coefficient (Wildman–Crippen LogP) is 3.64. The van der Waals surface area contributed by atoms with Crippen LogP contribution in [0.4, 0.5) is 0 Å². The van der Waals surface area contributed by atoms with Crippen molar-refractivity contribution in [1.29, 1.82) is 0 Å². The van der Waals surface area contributed by atoms with Gasteiger partial charge in [0.1, 0.15) is 5.76 Å².